The first-order chi connectivity index (χ1) is 11.8. The van der Waals surface area contributed by atoms with Gasteiger partial charge in [0.2, 0.25) is 0 Å². The number of hydrogen-bond donors (Lipinski definition) is 1. The molecule has 4 nitrogen and oxygen atoms in total. The SMILES string of the molecule is COC(=O)[C@]1(C)CCC[C@]2(C)c3ccc(C(C)C)cc3C(=NN)CC12. The summed E-state index contributed by atoms with van der Waals surface area (Å²) in [6, 6.07) is 6.71. The Kier molecular flexibility index (Phi) is 4.42. The van der Waals surface area contributed by atoms with Crippen molar-refractivity contribution in [1.82, 2.24) is 0 Å². The minimum absolute atomic E-state index is 0.0553. The van der Waals surface area contributed by atoms with Crippen molar-refractivity contribution in [3.05, 3.63) is 34.9 Å². The highest BCUT2D eigenvalue weighted by Crippen LogP contribution is 2.57. The quantitative estimate of drug-likeness (QED) is 0.500. The molecular formula is C21H30N2O2. The van der Waals surface area contributed by atoms with E-state index in [9.17, 15) is 4.79 Å². The molecule has 1 unspecified atom stereocenters. The number of nitrogens with zero attached hydrogens (tertiary/aromatic N) is 1. The number of rotatable bonds is 2. The molecule has 4 heteroatoms. The van der Waals surface area contributed by atoms with Crippen LogP contribution in [-0.2, 0) is 14.9 Å². The van der Waals surface area contributed by atoms with Crippen LogP contribution in [0.1, 0.15) is 76.0 Å². The van der Waals surface area contributed by atoms with Crippen LogP contribution in [0.25, 0.3) is 0 Å². The second kappa shape index (κ2) is 6.15. The highest BCUT2D eigenvalue weighted by molar-refractivity contribution is 6.04. The molecule has 2 aliphatic carbocycles. The van der Waals surface area contributed by atoms with Gasteiger partial charge in [0.05, 0.1) is 18.2 Å². The Morgan fingerprint density at radius 2 is 2.04 bits per heavy atom. The molecule has 0 heterocycles. The fraction of sp³-hybridized carbons (Fsp3) is 0.619. The Morgan fingerprint density at radius 1 is 1.32 bits per heavy atom. The lowest BCUT2D eigenvalue weighted by Crippen LogP contribution is -2.54. The van der Waals surface area contributed by atoms with Crippen LogP contribution in [0.5, 0.6) is 0 Å². The van der Waals surface area contributed by atoms with Gasteiger partial charge in [0.25, 0.3) is 0 Å². The van der Waals surface area contributed by atoms with Crippen LogP contribution >= 0.6 is 0 Å². The normalized spacial score (nSPS) is 33.0. The van der Waals surface area contributed by atoms with Crippen molar-refractivity contribution >= 4 is 11.7 Å². The van der Waals surface area contributed by atoms with E-state index in [2.05, 4.69) is 51.0 Å². The maximum atomic E-state index is 12.6. The van der Waals surface area contributed by atoms with Gasteiger partial charge in [-0.15, -0.1) is 0 Å². The van der Waals surface area contributed by atoms with Crippen LogP contribution in [0.4, 0.5) is 0 Å². The Balaban J connectivity index is 2.18. The minimum Gasteiger partial charge on any atom is -0.469 e. The Morgan fingerprint density at radius 3 is 2.64 bits per heavy atom. The van der Waals surface area contributed by atoms with E-state index in [1.807, 2.05) is 0 Å². The van der Waals surface area contributed by atoms with Gasteiger partial charge in [-0.3, -0.25) is 4.79 Å². The van der Waals surface area contributed by atoms with Crippen LogP contribution in [0.15, 0.2) is 23.3 Å². The lowest BCUT2D eigenvalue weighted by molar-refractivity contribution is -0.160. The largest absolute Gasteiger partial charge is 0.469 e. The number of nitrogens with two attached hydrogens (primary N) is 1. The second-order valence-corrected chi connectivity index (χ2v) is 8.47. The van der Waals surface area contributed by atoms with Gasteiger partial charge >= 0.3 is 5.97 Å². The van der Waals surface area contributed by atoms with E-state index in [1.54, 1.807) is 0 Å². The van der Waals surface area contributed by atoms with Crippen molar-refractivity contribution in [2.45, 2.75) is 64.7 Å². The third-order valence-corrected chi connectivity index (χ3v) is 6.77. The van der Waals surface area contributed by atoms with E-state index in [1.165, 1.54) is 23.8 Å². The van der Waals surface area contributed by atoms with Crippen LogP contribution < -0.4 is 5.84 Å². The van der Waals surface area contributed by atoms with Crippen LogP contribution in [0.3, 0.4) is 0 Å². The lowest BCUT2D eigenvalue weighted by Gasteiger charge is -2.54. The van der Waals surface area contributed by atoms with Gasteiger partial charge in [0.1, 0.15) is 0 Å². The molecule has 2 aliphatic rings. The van der Waals surface area contributed by atoms with E-state index in [0.717, 1.165) is 31.4 Å². The van der Waals surface area contributed by atoms with Gasteiger partial charge in [-0.25, -0.2) is 0 Å². The number of methoxy groups -OCH3 is 1. The van der Waals surface area contributed by atoms with Crippen molar-refractivity contribution in [3.63, 3.8) is 0 Å². The topological polar surface area (TPSA) is 64.7 Å². The predicted octanol–water partition coefficient (Wildman–Crippen LogP) is 4.11. The summed E-state index contributed by atoms with van der Waals surface area (Å²) in [4.78, 5) is 12.6. The zero-order chi connectivity index (χ0) is 18.4. The molecule has 0 spiro atoms. The summed E-state index contributed by atoms with van der Waals surface area (Å²) in [6.07, 6.45) is 3.69. The van der Waals surface area contributed by atoms with Crippen molar-refractivity contribution in [1.29, 1.82) is 0 Å². The smallest absolute Gasteiger partial charge is 0.311 e. The monoisotopic (exact) mass is 342 g/mol. The number of fused-ring (bicyclic) bond motifs is 3. The van der Waals surface area contributed by atoms with Crippen molar-refractivity contribution in [2.24, 2.45) is 22.3 Å². The number of hydrogen-bond acceptors (Lipinski definition) is 4. The van der Waals surface area contributed by atoms with E-state index >= 15 is 0 Å². The molecule has 0 aliphatic heterocycles. The van der Waals surface area contributed by atoms with E-state index < -0.39 is 5.41 Å². The van der Waals surface area contributed by atoms with Crippen molar-refractivity contribution in [3.8, 4) is 0 Å². The first-order valence-electron chi connectivity index (χ1n) is 9.28. The Bertz CT molecular complexity index is 725. The van der Waals surface area contributed by atoms with E-state index in [0.29, 0.717) is 5.92 Å². The predicted molar refractivity (Wildman–Crippen MR) is 101 cm³/mol. The van der Waals surface area contributed by atoms with E-state index in [-0.39, 0.29) is 17.3 Å². The number of hydrazone groups is 1. The average Bonchev–Trinajstić information content (AvgIpc) is 2.60. The van der Waals surface area contributed by atoms with Crippen molar-refractivity contribution in [2.75, 3.05) is 7.11 Å². The minimum atomic E-state index is -0.494. The van der Waals surface area contributed by atoms with Gasteiger partial charge in [0.15, 0.2) is 0 Å². The molecule has 0 aromatic heterocycles. The molecule has 2 N–H and O–H groups in total. The number of carbonyl (C=O) groups excluding carboxylic acids is 1. The van der Waals surface area contributed by atoms with Gasteiger partial charge in [-0.1, -0.05) is 39.3 Å². The summed E-state index contributed by atoms with van der Waals surface area (Å²) in [6.45, 7) is 8.76. The summed E-state index contributed by atoms with van der Waals surface area (Å²) in [5.41, 5.74) is 4.12. The number of carbonyl (C=O) groups is 1. The second-order valence-electron chi connectivity index (χ2n) is 8.47. The molecule has 0 radical (unpaired) electrons. The first kappa shape index (κ1) is 18.0. The average molecular weight is 342 g/mol. The van der Waals surface area contributed by atoms with Crippen LogP contribution in [-0.4, -0.2) is 18.8 Å². The van der Waals surface area contributed by atoms with Crippen LogP contribution in [0, 0.1) is 11.3 Å². The molecule has 3 atom stereocenters. The molecule has 0 saturated heterocycles. The number of esters is 1. The molecule has 3 rings (SSSR count). The molecule has 1 fully saturated rings. The van der Waals surface area contributed by atoms with E-state index in [4.69, 9.17) is 10.6 Å². The Labute approximate surface area is 150 Å². The summed E-state index contributed by atoms with van der Waals surface area (Å²) >= 11 is 0. The molecular weight excluding hydrogens is 312 g/mol. The molecule has 136 valence electrons. The zero-order valence-electron chi connectivity index (χ0n) is 16.1. The fourth-order valence-corrected chi connectivity index (χ4v) is 5.21. The molecule has 1 aromatic carbocycles. The summed E-state index contributed by atoms with van der Waals surface area (Å²) in [7, 11) is 1.49. The molecule has 1 saturated carbocycles. The maximum absolute atomic E-state index is 12.6. The summed E-state index contributed by atoms with van der Waals surface area (Å²) in [5.74, 6) is 6.28. The highest BCUT2D eigenvalue weighted by atomic mass is 16.5. The first-order valence-corrected chi connectivity index (χ1v) is 9.28. The molecule has 0 amide bonds. The molecule has 1 aromatic rings. The van der Waals surface area contributed by atoms with Gasteiger partial charge in [0, 0.05) is 5.56 Å². The van der Waals surface area contributed by atoms with Gasteiger partial charge < -0.3 is 10.6 Å². The van der Waals surface area contributed by atoms with Gasteiger partial charge in [-0.05, 0) is 60.6 Å². The third kappa shape index (κ3) is 2.57. The Hall–Kier alpha value is -1.84. The van der Waals surface area contributed by atoms with Crippen LogP contribution in [0.2, 0.25) is 0 Å². The number of ether oxygens (including phenoxy) is 1. The molecule has 25 heavy (non-hydrogen) atoms. The number of benzene rings is 1. The van der Waals surface area contributed by atoms with Gasteiger partial charge in [-0.2, -0.15) is 5.10 Å². The third-order valence-electron chi connectivity index (χ3n) is 6.77. The summed E-state index contributed by atoms with van der Waals surface area (Å²) < 4.78 is 5.18. The molecule has 0 bridgehead atoms. The van der Waals surface area contributed by atoms with Crippen molar-refractivity contribution < 1.29 is 9.53 Å². The summed E-state index contributed by atoms with van der Waals surface area (Å²) in [5, 5.41) is 4.13. The lowest BCUT2D eigenvalue weighted by atomic mass is 9.49. The maximum Gasteiger partial charge on any atom is 0.311 e. The fourth-order valence-electron chi connectivity index (χ4n) is 5.21. The standard InChI is InChI=1S/C21H30N2O2/c1-13(2)14-7-8-16-15(11-14)17(23-22)12-18-20(16,3)9-6-10-21(18,4)19(24)25-5/h7-8,11,13,18H,6,9-10,12,22H2,1-5H3/t18?,20-,21-/m1/s1. The highest BCUT2D eigenvalue weighted by Gasteiger charge is 2.56. The zero-order valence-corrected chi connectivity index (χ0v) is 16.1.